The molecule has 158 valence electrons. The van der Waals surface area contributed by atoms with Gasteiger partial charge in [-0.3, -0.25) is 0 Å². The number of halogens is 1. The Labute approximate surface area is 179 Å². The van der Waals surface area contributed by atoms with Crippen LogP contribution in [0.3, 0.4) is 0 Å². The zero-order valence-electron chi connectivity index (χ0n) is 17.2. The zero-order valence-corrected chi connectivity index (χ0v) is 17.2. The summed E-state index contributed by atoms with van der Waals surface area (Å²) in [5, 5.41) is 8.04. The number of benzene rings is 2. The summed E-state index contributed by atoms with van der Waals surface area (Å²) in [6.07, 6.45) is 3.83. The molecule has 2 aromatic carbocycles. The molecule has 6 nitrogen and oxygen atoms in total. The molecule has 0 bridgehead atoms. The molecular formula is C24H24FN5O. The van der Waals surface area contributed by atoms with Gasteiger partial charge < -0.3 is 15.8 Å². The van der Waals surface area contributed by atoms with Crippen LogP contribution >= 0.6 is 0 Å². The highest BCUT2D eigenvalue weighted by molar-refractivity contribution is 5.64. The molecule has 1 atom stereocenters. The molecule has 5 rings (SSSR count). The van der Waals surface area contributed by atoms with Crippen LogP contribution in [0.25, 0.3) is 16.9 Å². The van der Waals surface area contributed by atoms with Crippen LogP contribution in [-0.2, 0) is 0 Å². The van der Waals surface area contributed by atoms with E-state index in [9.17, 15) is 4.39 Å². The van der Waals surface area contributed by atoms with Gasteiger partial charge in [-0.05, 0) is 73.9 Å². The maximum atomic E-state index is 13.5. The van der Waals surface area contributed by atoms with E-state index in [4.69, 9.17) is 15.6 Å². The molecule has 1 aliphatic carbocycles. The van der Waals surface area contributed by atoms with Gasteiger partial charge in [0.05, 0.1) is 17.9 Å². The Balaban J connectivity index is 1.36. The third-order valence-corrected chi connectivity index (χ3v) is 5.66. The van der Waals surface area contributed by atoms with Crippen molar-refractivity contribution in [2.45, 2.75) is 38.0 Å². The normalized spacial score (nSPS) is 19.1. The van der Waals surface area contributed by atoms with Gasteiger partial charge >= 0.3 is 0 Å². The van der Waals surface area contributed by atoms with Crippen molar-refractivity contribution in [1.82, 2.24) is 14.6 Å². The highest BCUT2D eigenvalue weighted by Gasteiger charge is 2.27. The van der Waals surface area contributed by atoms with Gasteiger partial charge in [-0.15, -0.1) is 5.10 Å². The van der Waals surface area contributed by atoms with Crippen molar-refractivity contribution in [3.63, 3.8) is 0 Å². The number of hydrogen-bond acceptors (Lipinski definition) is 5. The summed E-state index contributed by atoms with van der Waals surface area (Å²) in [5.41, 5.74) is 9.31. The average Bonchev–Trinajstić information content (AvgIpc) is 3.16. The van der Waals surface area contributed by atoms with Gasteiger partial charge in [-0.2, -0.15) is 0 Å². The van der Waals surface area contributed by atoms with Crippen LogP contribution in [-0.4, -0.2) is 26.7 Å². The molecule has 0 unspecified atom stereocenters. The number of nitrogens with two attached hydrogens (primary N) is 1. The lowest BCUT2D eigenvalue weighted by Gasteiger charge is -2.32. The number of nitrogens with zero attached hydrogens (tertiary/aromatic N) is 3. The Morgan fingerprint density at radius 1 is 1.13 bits per heavy atom. The van der Waals surface area contributed by atoms with Gasteiger partial charge in [0.2, 0.25) is 0 Å². The fourth-order valence-electron chi connectivity index (χ4n) is 3.83. The van der Waals surface area contributed by atoms with E-state index < -0.39 is 0 Å². The topological polar surface area (TPSA) is 77.5 Å². The summed E-state index contributed by atoms with van der Waals surface area (Å²) in [7, 11) is 0. The SMILES string of the molecule is C[C@@H](Nc1ccc2ncc(-c3ccc(O[C@H]4C[C@@H](N)C4)cc3)n2n1)c1cccc(F)c1. The second-order valence-electron chi connectivity index (χ2n) is 8.05. The molecule has 0 aliphatic heterocycles. The Kier molecular flexibility index (Phi) is 5.03. The lowest BCUT2D eigenvalue weighted by molar-refractivity contribution is 0.101. The number of ether oxygens (including phenoxy) is 1. The zero-order chi connectivity index (χ0) is 21.4. The summed E-state index contributed by atoms with van der Waals surface area (Å²) in [6, 6.07) is 18.5. The van der Waals surface area contributed by atoms with Gasteiger partial charge in [0.25, 0.3) is 0 Å². The van der Waals surface area contributed by atoms with Crippen LogP contribution in [0, 0.1) is 5.82 Å². The number of imidazole rings is 1. The first kappa shape index (κ1) is 19.5. The summed E-state index contributed by atoms with van der Waals surface area (Å²) in [5.74, 6) is 1.28. The molecular weight excluding hydrogens is 393 g/mol. The molecule has 2 heterocycles. The minimum Gasteiger partial charge on any atom is -0.490 e. The molecule has 4 aromatic rings. The molecule has 0 saturated heterocycles. The maximum Gasteiger partial charge on any atom is 0.154 e. The van der Waals surface area contributed by atoms with Crippen LogP contribution in [0.15, 0.2) is 66.9 Å². The molecule has 1 aliphatic rings. The van der Waals surface area contributed by atoms with Gasteiger partial charge in [0.15, 0.2) is 5.65 Å². The van der Waals surface area contributed by atoms with Crippen molar-refractivity contribution in [3.8, 4) is 17.0 Å². The van der Waals surface area contributed by atoms with Crippen LogP contribution in [0.4, 0.5) is 10.2 Å². The molecule has 2 aromatic heterocycles. The Morgan fingerprint density at radius 3 is 2.68 bits per heavy atom. The fraction of sp³-hybridized carbons (Fsp3) is 0.250. The molecule has 0 radical (unpaired) electrons. The van der Waals surface area contributed by atoms with Gasteiger partial charge in [0, 0.05) is 11.6 Å². The molecule has 7 heteroatoms. The van der Waals surface area contributed by atoms with Gasteiger partial charge in [-0.25, -0.2) is 13.9 Å². The van der Waals surface area contributed by atoms with Gasteiger partial charge in [-0.1, -0.05) is 12.1 Å². The molecule has 3 N–H and O–H groups in total. The summed E-state index contributed by atoms with van der Waals surface area (Å²) < 4.78 is 21.3. The number of fused-ring (bicyclic) bond motifs is 1. The molecule has 1 fully saturated rings. The fourth-order valence-corrected chi connectivity index (χ4v) is 3.83. The number of nitrogens with one attached hydrogen (secondary N) is 1. The van der Waals surface area contributed by atoms with Crippen molar-refractivity contribution < 1.29 is 9.13 Å². The lowest BCUT2D eigenvalue weighted by atomic mass is 9.90. The van der Waals surface area contributed by atoms with E-state index in [1.54, 1.807) is 10.6 Å². The van der Waals surface area contributed by atoms with E-state index in [1.807, 2.05) is 55.6 Å². The molecule has 0 spiro atoms. The first-order valence-electron chi connectivity index (χ1n) is 10.4. The van der Waals surface area contributed by atoms with E-state index in [0.29, 0.717) is 5.82 Å². The van der Waals surface area contributed by atoms with Gasteiger partial charge in [0.1, 0.15) is 23.5 Å². The molecule has 31 heavy (non-hydrogen) atoms. The first-order valence-corrected chi connectivity index (χ1v) is 10.4. The first-order chi connectivity index (χ1) is 15.0. The van der Waals surface area contributed by atoms with Crippen molar-refractivity contribution in [2.75, 3.05) is 5.32 Å². The second kappa shape index (κ2) is 8.00. The highest BCUT2D eigenvalue weighted by atomic mass is 19.1. The van der Waals surface area contributed by atoms with Crippen molar-refractivity contribution in [1.29, 1.82) is 0 Å². The number of aromatic nitrogens is 3. The Morgan fingerprint density at radius 2 is 1.94 bits per heavy atom. The van der Waals surface area contributed by atoms with Crippen LogP contribution in [0.5, 0.6) is 5.75 Å². The van der Waals surface area contributed by atoms with E-state index in [0.717, 1.165) is 41.1 Å². The number of hydrogen-bond donors (Lipinski definition) is 2. The summed E-state index contributed by atoms with van der Waals surface area (Å²) in [6.45, 7) is 1.98. The highest BCUT2D eigenvalue weighted by Crippen LogP contribution is 2.28. The van der Waals surface area contributed by atoms with Crippen molar-refractivity contribution >= 4 is 11.5 Å². The third-order valence-electron chi connectivity index (χ3n) is 5.66. The molecule has 0 amide bonds. The minimum atomic E-state index is -0.251. The smallest absolute Gasteiger partial charge is 0.154 e. The standard InChI is InChI=1S/C24H24FN5O/c1-15(17-3-2-4-18(25)11-17)28-23-9-10-24-27-14-22(30(24)29-23)16-5-7-20(8-6-16)31-21-12-19(26)13-21/h2-11,14-15,19,21H,12-13,26H2,1H3,(H,28,29)/t15-,19-,21+/m1/s1. The average molecular weight is 417 g/mol. The predicted molar refractivity (Wildman–Crippen MR) is 118 cm³/mol. The van der Waals surface area contributed by atoms with Crippen molar-refractivity contribution in [2.24, 2.45) is 5.73 Å². The number of rotatable bonds is 6. The van der Waals surface area contributed by atoms with E-state index >= 15 is 0 Å². The number of anilines is 1. The predicted octanol–water partition coefficient (Wildman–Crippen LogP) is 4.58. The van der Waals surface area contributed by atoms with E-state index in [1.165, 1.54) is 12.1 Å². The van der Waals surface area contributed by atoms with Crippen LogP contribution in [0.1, 0.15) is 31.4 Å². The largest absolute Gasteiger partial charge is 0.490 e. The minimum absolute atomic E-state index is 0.0938. The van der Waals surface area contributed by atoms with E-state index in [2.05, 4.69) is 10.3 Å². The summed E-state index contributed by atoms with van der Waals surface area (Å²) in [4.78, 5) is 4.46. The lowest BCUT2D eigenvalue weighted by Crippen LogP contribution is -2.43. The Hall–Kier alpha value is -3.45. The van der Waals surface area contributed by atoms with Crippen LogP contribution < -0.4 is 15.8 Å². The van der Waals surface area contributed by atoms with E-state index in [-0.39, 0.29) is 24.0 Å². The molecule has 1 saturated carbocycles. The van der Waals surface area contributed by atoms with Crippen molar-refractivity contribution in [3.05, 3.63) is 78.2 Å². The maximum absolute atomic E-state index is 13.5. The quantitative estimate of drug-likeness (QED) is 0.480. The Bertz CT molecular complexity index is 1200. The second-order valence-corrected chi connectivity index (χ2v) is 8.05. The third kappa shape index (κ3) is 4.09. The monoisotopic (exact) mass is 417 g/mol. The van der Waals surface area contributed by atoms with Crippen LogP contribution in [0.2, 0.25) is 0 Å². The summed E-state index contributed by atoms with van der Waals surface area (Å²) >= 11 is 0.